The highest BCUT2D eigenvalue weighted by molar-refractivity contribution is 5.85. The fourth-order valence-electron chi connectivity index (χ4n) is 0.314. The predicted molar refractivity (Wildman–Crippen MR) is 28.2 cm³/mol. The molecule has 0 fully saturated rings. The van der Waals surface area contributed by atoms with Gasteiger partial charge in [0.25, 0.3) is 0 Å². The molecule has 0 spiro atoms. The van der Waals surface area contributed by atoms with Crippen LogP contribution in [0.2, 0.25) is 0 Å². The minimum Gasteiger partial charge on any atom is -0.194 e. The van der Waals surface area contributed by atoms with Crippen molar-refractivity contribution in [1.29, 1.82) is 0 Å². The Morgan fingerprint density at radius 1 is 1.14 bits per heavy atom. The molecule has 0 amide bonds. The number of halogens is 2. The Morgan fingerprint density at radius 2 is 1.57 bits per heavy atom. The van der Waals surface area contributed by atoms with Crippen LogP contribution in [-0.2, 0) is 0 Å². The highest BCUT2D eigenvalue weighted by Crippen LogP contribution is 1.84. The van der Waals surface area contributed by atoms with E-state index in [2.05, 4.69) is 0 Å². The largest absolute Gasteiger partial charge is 0.194 e. The van der Waals surface area contributed by atoms with Gasteiger partial charge in [0.05, 0.1) is 0 Å². The lowest BCUT2D eigenvalue weighted by molar-refractivity contribution is 0.371. The molecule has 0 aromatic carbocycles. The van der Waals surface area contributed by atoms with Crippen LogP contribution < -0.4 is 0 Å². The number of hydrogen-bond acceptors (Lipinski definition) is 0. The van der Waals surface area contributed by atoms with Crippen LogP contribution >= 0.6 is 12.4 Å². The molecule has 1 aromatic rings. The molecule has 0 N–H and O–H groups in total. The van der Waals surface area contributed by atoms with E-state index in [4.69, 9.17) is 0 Å². The molecule has 1 rings (SSSR count). The van der Waals surface area contributed by atoms with Crippen molar-refractivity contribution in [3.63, 3.8) is 0 Å². The van der Waals surface area contributed by atoms with Crippen molar-refractivity contribution in [2.75, 3.05) is 0 Å². The second-order valence-corrected chi connectivity index (χ2v) is 1.03. The lowest BCUT2D eigenvalue weighted by atomic mass is 10.7. The summed E-state index contributed by atoms with van der Waals surface area (Å²) in [5.74, 6) is 0. The maximum atomic E-state index is 11.6. The average Bonchev–Trinajstić information content (AvgIpc) is 1.86. The molecular weight excluding hydrogens is 117 g/mol. The van der Waals surface area contributed by atoms with Crippen LogP contribution in [0.3, 0.4) is 0 Å². The molecular formula is C4H5ClFN. The van der Waals surface area contributed by atoms with Crippen molar-refractivity contribution in [1.82, 2.24) is 4.79 Å². The van der Waals surface area contributed by atoms with Gasteiger partial charge >= 0.3 is 0 Å². The van der Waals surface area contributed by atoms with Gasteiger partial charge in [0.2, 0.25) is 0 Å². The summed E-state index contributed by atoms with van der Waals surface area (Å²) in [6, 6.07) is 3.25. The second kappa shape index (κ2) is 2.64. The number of nitrogens with zero attached hydrogens (tertiary/aromatic N) is 1. The predicted octanol–water partition coefficient (Wildman–Crippen LogP) is 1.64. The molecule has 0 aliphatic carbocycles. The minimum absolute atomic E-state index is 0. The van der Waals surface area contributed by atoms with Crippen LogP contribution in [0.25, 0.3) is 0 Å². The van der Waals surface area contributed by atoms with Crippen molar-refractivity contribution in [2.24, 2.45) is 0 Å². The summed E-state index contributed by atoms with van der Waals surface area (Å²) in [5, 5.41) is 0. The Balaban J connectivity index is 0.000000360. The van der Waals surface area contributed by atoms with Gasteiger partial charge in [0, 0.05) is 12.4 Å². The molecule has 1 aromatic heterocycles. The molecule has 0 atom stereocenters. The molecule has 1 nitrogen and oxygen atoms in total. The first-order valence-electron chi connectivity index (χ1n) is 1.69. The van der Waals surface area contributed by atoms with E-state index in [1.165, 1.54) is 12.4 Å². The highest BCUT2D eigenvalue weighted by atomic mass is 35.5. The third kappa shape index (κ3) is 1.59. The first kappa shape index (κ1) is 6.50. The standard InChI is InChI=1S/C4H4FN.ClH/c5-6-3-1-2-4-6;/h1-4H;1H. The normalized spacial score (nSPS) is 7.57. The van der Waals surface area contributed by atoms with E-state index in [0.717, 1.165) is 0 Å². The molecule has 0 unspecified atom stereocenters. The van der Waals surface area contributed by atoms with Gasteiger partial charge < -0.3 is 0 Å². The van der Waals surface area contributed by atoms with Crippen molar-refractivity contribution in [2.45, 2.75) is 0 Å². The van der Waals surface area contributed by atoms with E-state index in [1.54, 1.807) is 12.1 Å². The lowest BCUT2D eigenvalue weighted by Gasteiger charge is -1.71. The van der Waals surface area contributed by atoms with Gasteiger partial charge in [-0.3, -0.25) is 0 Å². The van der Waals surface area contributed by atoms with Crippen LogP contribution in [-0.4, -0.2) is 4.79 Å². The minimum atomic E-state index is 0. The van der Waals surface area contributed by atoms with E-state index < -0.39 is 0 Å². The van der Waals surface area contributed by atoms with Gasteiger partial charge in [-0.2, -0.15) is 4.79 Å². The van der Waals surface area contributed by atoms with Crippen molar-refractivity contribution in [3.8, 4) is 0 Å². The summed E-state index contributed by atoms with van der Waals surface area (Å²) in [5.41, 5.74) is 0. The Hall–Kier alpha value is -0.500. The molecule has 0 radical (unpaired) electrons. The van der Waals surface area contributed by atoms with Gasteiger partial charge in [-0.15, -0.1) is 12.4 Å². The van der Waals surface area contributed by atoms with Crippen LogP contribution in [0.4, 0.5) is 4.48 Å². The van der Waals surface area contributed by atoms with Crippen molar-refractivity contribution in [3.05, 3.63) is 24.5 Å². The molecule has 0 saturated heterocycles. The number of rotatable bonds is 0. The van der Waals surface area contributed by atoms with Gasteiger partial charge in [0.15, 0.2) is 0 Å². The summed E-state index contributed by atoms with van der Waals surface area (Å²) in [6.07, 6.45) is 2.67. The maximum absolute atomic E-state index is 11.6. The van der Waals surface area contributed by atoms with Gasteiger partial charge in [-0.1, -0.05) is 4.48 Å². The average molecular weight is 122 g/mol. The molecule has 0 aliphatic heterocycles. The monoisotopic (exact) mass is 121 g/mol. The first-order chi connectivity index (χ1) is 2.89. The van der Waals surface area contributed by atoms with Crippen LogP contribution in [0.15, 0.2) is 24.5 Å². The van der Waals surface area contributed by atoms with Crippen molar-refractivity contribution >= 4 is 12.4 Å². The highest BCUT2D eigenvalue weighted by Gasteiger charge is 1.72. The summed E-state index contributed by atoms with van der Waals surface area (Å²) in [7, 11) is 0. The van der Waals surface area contributed by atoms with Crippen molar-refractivity contribution < 1.29 is 4.48 Å². The summed E-state index contributed by atoms with van der Waals surface area (Å²) < 4.78 is 11.6. The second-order valence-electron chi connectivity index (χ2n) is 1.03. The molecule has 7 heavy (non-hydrogen) atoms. The van der Waals surface area contributed by atoms with E-state index in [9.17, 15) is 4.48 Å². The zero-order chi connectivity index (χ0) is 4.41. The Labute approximate surface area is 47.1 Å². The van der Waals surface area contributed by atoms with Crippen LogP contribution in [0.1, 0.15) is 0 Å². The summed E-state index contributed by atoms with van der Waals surface area (Å²) >= 11 is 0. The number of hydrogen-bond donors (Lipinski definition) is 0. The van der Waals surface area contributed by atoms with Gasteiger partial charge in [-0.05, 0) is 12.1 Å². The Kier molecular flexibility index (Phi) is 2.45. The van der Waals surface area contributed by atoms with Crippen LogP contribution in [0, 0.1) is 0 Å². The van der Waals surface area contributed by atoms with Gasteiger partial charge in [-0.25, -0.2) is 0 Å². The Bertz CT molecular complexity index is 115. The van der Waals surface area contributed by atoms with E-state index >= 15 is 0 Å². The Morgan fingerprint density at radius 3 is 1.71 bits per heavy atom. The van der Waals surface area contributed by atoms with E-state index in [-0.39, 0.29) is 12.4 Å². The topological polar surface area (TPSA) is 4.93 Å². The molecule has 0 bridgehead atoms. The molecule has 0 saturated carbocycles. The molecule has 3 heteroatoms. The first-order valence-corrected chi connectivity index (χ1v) is 1.69. The third-order valence-corrected chi connectivity index (χ3v) is 0.568. The summed E-state index contributed by atoms with van der Waals surface area (Å²) in [6.45, 7) is 0. The summed E-state index contributed by atoms with van der Waals surface area (Å²) in [4.78, 5) is 0.500. The van der Waals surface area contributed by atoms with E-state index in [1.807, 2.05) is 0 Å². The number of aromatic nitrogens is 1. The molecule has 0 aliphatic rings. The zero-order valence-electron chi connectivity index (χ0n) is 3.54. The van der Waals surface area contributed by atoms with Crippen LogP contribution in [0.5, 0.6) is 0 Å². The zero-order valence-corrected chi connectivity index (χ0v) is 4.36. The fourth-order valence-corrected chi connectivity index (χ4v) is 0.314. The fraction of sp³-hybridized carbons (Fsp3) is 0. The SMILES string of the molecule is Cl.Fn1cccc1. The van der Waals surface area contributed by atoms with E-state index in [0.29, 0.717) is 4.79 Å². The smallest absolute Gasteiger partial charge is 0.0379 e. The molecule has 40 valence electrons. The van der Waals surface area contributed by atoms with Gasteiger partial charge in [0.1, 0.15) is 0 Å². The lowest BCUT2D eigenvalue weighted by Crippen LogP contribution is -1.66. The third-order valence-electron chi connectivity index (χ3n) is 0.568. The molecule has 1 heterocycles. The maximum Gasteiger partial charge on any atom is 0.0379 e. The quantitative estimate of drug-likeness (QED) is 0.492.